The average molecular weight is 389 g/mol. The van der Waals surface area contributed by atoms with Crippen LogP contribution in [0.4, 0.5) is 21.0 Å². The van der Waals surface area contributed by atoms with Gasteiger partial charge in [-0.1, -0.05) is 25.7 Å². The summed E-state index contributed by atoms with van der Waals surface area (Å²) in [6.45, 7) is 0. The number of ether oxygens (including phenoxy) is 1. The molecule has 0 saturated carbocycles. The molecular weight excluding hydrogens is 362 g/mol. The van der Waals surface area contributed by atoms with Crippen LogP contribution in [0.25, 0.3) is 0 Å². The number of carboxylic acid groups (broad SMARTS) is 1. The van der Waals surface area contributed by atoms with Crippen LogP contribution in [0.3, 0.4) is 0 Å². The SMILES string of the molecule is C#CCCCCCCCCC(=O)Nc1ccc(N(NC(=O)OC)C(=O)O)cc1. The highest BCUT2D eigenvalue weighted by Gasteiger charge is 2.17. The van der Waals surface area contributed by atoms with Gasteiger partial charge in [-0.15, -0.1) is 12.3 Å². The molecule has 8 nitrogen and oxygen atoms in total. The fourth-order valence-electron chi connectivity index (χ4n) is 2.50. The van der Waals surface area contributed by atoms with Gasteiger partial charge in [0.1, 0.15) is 0 Å². The summed E-state index contributed by atoms with van der Waals surface area (Å²) in [6, 6.07) is 6.06. The number of rotatable bonds is 10. The van der Waals surface area contributed by atoms with Gasteiger partial charge in [0.15, 0.2) is 0 Å². The first-order chi connectivity index (χ1) is 13.5. The van der Waals surface area contributed by atoms with Gasteiger partial charge >= 0.3 is 12.2 Å². The van der Waals surface area contributed by atoms with Crippen molar-refractivity contribution in [3.8, 4) is 12.3 Å². The lowest BCUT2D eigenvalue weighted by atomic mass is 10.1. The molecule has 0 bridgehead atoms. The van der Waals surface area contributed by atoms with E-state index in [-0.39, 0.29) is 11.6 Å². The number of hydrazine groups is 1. The topological polar surface area (TPSA) is 108 Å². The number of carbonyl (C=O) groups is 3. The number of carbonyl (C=O) groups excluding carboxylic acids is 2. The molecule has 8 heteroatoms. The number of unbranched alkanes of at least 4 members (excludes halogenated alkanes) is 6. The molecule has 0 radical (unpaired) electrons. The minimum absolute atomic E-state index is 0.0946. The zero-order chi connectivity index (χ0) is 20.8. The van der Waals surface area contributed by atoms with Crippen LogP contribution in [0, 0.1) is 12.3 Å². The van der Waals surface area contributed by atoms with E-state index < -0.39 is 12.2 Å². The summed E-state index contributed by atoms with van der Waals surface area (Å²) in [7, 11) is 1.13. The van der Waals surface area contributed by atoms with Crippen molar-refractivity contribution in [2.45, 2.75) is 51.4 Å². The molecule has 0 aliphatic heterocycles. The Morgan fingerprint density at radius 1 is 1.07 bits per heavy atom. The summed E-state index contributed by atoms with van der Waals surface area (Å²) >= 11 is 0. The number of terminal acetylenes is 1. The predicted molar refractivity (Wildman–Crippen MR) is 107 cm³/mol. The molecule has 0 aromatic heterocycles. The molecule has 0 heterocycles. The number of amides is 3. The Morgan fingerprint density at radius 2 is 1.68 bits per heavy atom. The molecule has 152 valence electrons. The van der Waals surface area contributed by atoms with E-state index in [9.17, 15) is 14.4 Å². The molecule has 1 aromatic carbocycles. The lowest BCUT2D eigenvalue weighted by Crippen LogP contribution is -2.45. The van der Waals surface area contributed by atoms with Crippen LogP contribution >= 0.6 is 0 Å². The average Bonchev–Trinajstić information content (AvgIpc) is 2.68. The van der Waals surface area contributed by atoms with Crippen molar-refractivity contribution in [2.24, 2.45) is 0 Å². The van der Waals surface area contributed by atoms with Gasteiger partial charge in [-0.3, -0.25) is 4.79 Å². The highest BCUT2D eigenvalue weighted by molar-refractivity contribution is 5.92. The van der Waals surface area contributed by atoms with Crippen LogP contribution in [-0.4, -0.2) is 30.3 Å². The maximum absolute atomic E-state index is 12.0. The van der Waals surface area contributed by atoms with Gasteiger partial charge in [0, 0.05) is 18.5 Å². The van der Waals surface area contributed by atoms with E-state index in [0.29, 0.717) is 17.1 Å². The lowest BCUT2D eigenvalue weighted by molar-refractivity contribution is -0.116. The Hall–Kier alpha value is -3.21. The second-order valence-corrected chi connectivity index (χ2v) is 6.14. The van der Waals surface area contributed by atoms with E-state index in [1.165, 1.54) is 12.1 Å². The summed E-state index contributed by atoms with van der Waals surface area (Å²) in [5, 5.41) is 12.6. The summed E-state index contributed by atoms with van der Waals surface area (Å²) in [5.41, 5.74) is 2.83. The van der Waals surface area contributed by atoms with Crippen molar-refractivity contribution in [1.82, 2.24) is 5.43 Å². The number of benzene rings is 1. The van der Waals surface area contributed by atoms with Crippen molar-refractivity contribution in [3.63, 3.8) is 0 Å². The minimum atomic E-state index is -1.37. The highest BCUT2D eigenvalue weighted by Crippen LogP contribution is 2.18. The first kappa shape index (κ1) is 22.8. The summed E-state index contributed by atoms with van der Waals surface area (Å²) in [6.07, 6.45) is 10.4. The van der Waals surface area contributed by atoms with Gasteiger partial charge in [0.05, 0.1) is 12.8 Å². The van der Waals surface area contributed by atoms with E-state index in [4.69, 9.17) is 11.5 Å². The van der Waals surface area contributed by atoms with Gasteiger partial charge in [-0.05, 0) is 37.1 Å². The van der Waals surface area contributed by atoms with E-state index >= 15 is 0 Å². The summed E-state index contributed by atoms with van der Waals surface area (Å²) in [4.78, 5) is 34.4. The molecule has 0 aliphatic carbocycles. The molecule has 1 aromatic rings. The fraction of sp³-hybridized carbons (Fsp3) is 0.450. The quantitative estimate of drug-likeness (QED) is 0.317. The number of nitrogens with zero attached hydrogens (tertiary/aromatic N) is 1. The number of anilines is 2. The zero-order valence-corrected chi connectivity index (χ0v) is 16.1. The zero-order valence-electron chi connectivity index (χ0n) is 16.1. The largest absolute Gasteiger partial charge is 0.463 e. The van der Waals surface area contributed by atoms with Crippen molar-refractivity contribution in [2.75, 3.05) is 17.4 Å². The summed E-state index contributed by atoms with van der Waals surface area (Å²) < 4.78 is 4.39. The standard InChI is InChI=1S/C20H27N3O5/c1-3-4-5-6-7-8-9-10-11-18(24)21-16-12-14-17(15-13-16)23(20(26)27)22-19(25)28-2/h1,12-15H,4-11H2,2H3,(H,21,24)(H,22,25)(H,26,27). The third kappa shape index (κ3) is 8.94. The van der Waals surface area contributed by atoms with E-state index in [1.807, 2.05) is 0 Å². The smallest absolute Gasteiger partial charge is 0.431 e. The molecule has 0 saturated heterocycles. The van der Waals surface area contributed by atoms with Crippen LogP contribution in [-0.2, 0) is 9.53 Å². The Balaban J connectivity index is 2.38. The van der Waals surface area contributed by atoms with Crippen LogP contribution in [0.2, 0.25) is 0 Å². The normalized spacial score (nSPS) is 9.86. The van der Waals surface area contributed by atoms with Crippen molar-refractivity contribution in [3.05, 3.63) is 24.3 Å². The Bertz CT molecular complexity index is 682. The van der Waals surface area contributed by atoms with E-state index in [0.717, 1.165) is 52.1 Å². The second-order valence-electron chi connectivity index (χ2n) is 6.14. The molecule has 0 spiro atoms. The first-order valence-electron chi connectivity index (χ1n) is 9.19. The number of hydrogen-bond donors (Lipinski definition) is 3. The highest BCUT2D eigenvalue weighted by atomic mass is 16.5. The van der Waals surface area contributed by atoms with Crippen LogP contribution in [0.5, 0.6) is 0 Å². The van der Waals surface area contributed by atoms with Gasteiger partial charge in [-0.25, -0.2) is 15.0 Å². The molecule has 0 aliphatic rings. The Kier molecular flexibility index (Phi) is 10.6. The van der Waals surface area contributed by atoms with Crippen molar-refractivity contribution < 1.29 is 24.2 Å². The second kappa shape index (κ2) is 13.0. The van der Waals surface area contributed by atoms with Crippen molar-refractivity contribution >= 4 is 29.5 Å². The maximum Gasteiger partial charge on any atom is 0.431 e. The monoisotopic (exact) mass is 389 g/mol. The molecular formula is C20H27N3O5. The van der Waals surface area contributed by atoms with Gasteiger partial charge in [0.25, 0.3) is 0 Å². The maximum atomic E-state index is 12.0. The van der Waals surface area contributed by atoms with Gasteiger partial charge in [0.2, 0.25) is 5.91 Å². The van der Waals surface area contributed by atoms with E-state index in [1.54, 1.807) is 12.1 Å². The molecule has 0 fully saturated rings. The molecule has 28 heavy (non-hydrogen) atoms. The van der Waals surface area contributed by atoms with Gasteiger partial charge < -0.3 is 15.2 Å². The number of methoxy groups -OCH3 is 1. The Morgan fingerprint density at radius 3 is 2.25 bits per heavy atom. The lowest BCUT2D eigenvalue weighted by Gasteiger charge is -2.19. The van der Waals surface area contributed by atoms with Crippen LogP contribution in [0.1, 0.15) is 51.4 Å². The van der Waals surface area contributed by atoms with Crippen molar-refractivity contribution in [1.29, 1.82) is 0 Å². The van der Waals surface area contributed by atoms with Gasteiger partial charge in [-0.2, -0.15) is 5.01 Å². The Labute approximate surface area is 165 Å². The van der Waals surface area contributed by atoms with Crippen LogP contribution < -0.4 is 15.8 Å². The summed E-state index contributed by atoms with van der Waals surface area (Å²) in [5.74, 6) is 2.53. The fourth-order valence-corrected chi connectivity index (χ4v) is 2.50. The molecule has 1 rings (SSSR count). The number of nitrogens with one attached hydrogen (secondary N) is 2. The molecule has 3 amide bonds. The first-order valence-corrected chi connectivity index (χ1v) is 9.19. The predicted octanol–water partition coefficient (Wildman–Crippen LogP) is 4.13. The van der Waals surface area contributed by atoms with Crippen LogP contribution in [0.15, 0.2) is 24.3 Å². The number of hydrogen-bond acceptors (Lipinski definition) is 4. The third-order valence-electron chi connectivity index (χ3n) is 3.96. The molecule has 0 unspecified atom stereocenters. The molecule has 3 N–H and O–H groups in total. The van der Waals surface area contributed by atoms with E-state index in [2.05, 4.69) is 21.4 Å². The molecule has 0 atom stereocenters. The third-order valence-corrected chi connectivity index (χ3v) is 3.96. The minimum Gasteiger partial charge on any atom is -0.463 e.